The molecule has 5 rings (SSSR count). The van der Waals surface area contributed by atoms with Crippen molar-refractivity contribution in [2.45, 2.75) is 6.54 Å². The summed E-state index contributed by atoms with van der Waals surface area (Å²) >= 11 is 0. The summed E-state index contributed by atoms with van der Waals surface area (Å²) in [5, 5.41) is 14.4. The van der Waals surface area contributed by atoms with E-state index in [-0.39, 0.29) is 5.75 Å². The van der Waals surface area contributed by atoms with Gasteiger partial charge in [0.05, 0.1) is 7.11 Å². The zero-order chi connectivity index (χ0) is 23.5. The maximum absolute atomic E-state index is 9.73. The number of phenolic OH excluding ortho intramolecular Hbond substituents is 1. The third-order valence-corrected chi connectivity index (χ3v) is 6.32. The highest BCUT2D eigenvalue weighted by atomic mass is 16.5. The van der Waals surface area contributed by atoms with Gasteiger partial charge >= 0.3 is 0 Å². The lowest BCUT2D eigenvalue weighted by molar-refractivity contribution is 0.417. The van der Waals surface area contributed by atoms with Crippen molar-refractivity contribution < 1.29 is 9.84 Å². The molecule has 3 N–H and O–H groups in total. The van der Waals surface area contributed by atoms with Crippen molar-refractivity contribution in [3.63, 3.8) is 0 Å². The van der Waals surface area contributed by atoms with E-state index in [2.05, 4.69) is 77.7 Å². The molecule has 5 aromatic rings. The van der Waals surface area contributed by atoms with Crippen LogP contribution in [0.25, 0.3) is 32.7 Å². The molecule has 34 heavy (non-hydrogen) atoms. The van der Waals surface area contributed by atoms with Crippen molar-refractivity contribution in [1.29, 1.82) is 0 Å². The van der Waals surface area contributed by atoms with Gasteiger partial charge in [0.2, 0.25) is 0 Å². The van der Waals surface area contributed by atoms with E-state index in [1.807, 2.05) is 12.1 Å². The van der Waals surface area contributed by atoms with E-state index in [0.29, 0.717) is 19.6 Å². The number of ether oxygens (including phenoxy) is 1. The average Bonchev–Trinajstić information content (AvgIpc) is 2.88. The van der Waals surface area contributed by atoms with Crippen LogP contribution in [0.5, 0.6) is 11.5 Å². The highest BCUT2D eigenvalue weighted by Gasteiger charge is 2.21. The number of hydrogen-bond acceptors (Lipinski definition) is 4. The van der Waals surface area contributed by atoms with E-state index in [1.165, 1.54) is 16.2 Å². The van der Waals surface area contributed by atoms with Gasteiger partial charge in [0.1, 0.15) is 11.5 Å². The summed E-state index contributed by atoms with van der Waals surface area (Å²) in [5.41, 5.74) is 10.5. The summed E-state index contributed by atoms with van der Waals surface area (Å²) < 4.78 is 5.91. The molecule has 0 spiro atoms. The standard InChI is InChI=1S/C30H28N2O2/c1-34-28-17-13-23-7-3-5-9-26(23)30(28)29-25-8-4-2-6-22(25)12-16-27(29)32(19-18-31)20-21-10-14-24(33)15-11-21/h2-17,33H,18-20,31H2,1H3. The maximum atomic E-state index is 9.73. The largest absolute Gasteiger partial charge is 0.508 e. The number of nitrogens with zero attached hydrogens (tertiary/aromatic N) is 1. The number of hydrogen-bond donors (Lipinski definition) is 2. The molecule has 0 aliphatic rings. The normalized spacial score (nSPS) is 11.1. The second-order valence-electron chi connectivity index (χ2n) is 8.42. The van der Waals surface area contributed by atoms with Gasteiger partial charge in [-0.05, 0) is 51.4 Å². The van der Waals surface area contributed by atoms with Crippen molar-refractivity contribution in [3.05, 3.63) is 103 Å². The van der Waals surface area contributed by atoms with E-state index in [1.54, 1.807) is 19.2 Å². The first-order valence-electron chi connectivity index (χ1n) is 11.5. The van der Waals surface area contributed by atoms with E-state index in [4.69, 9.17) is 10.5 Å². The lowest BCUT2D eigenvalue weighted by Crippen LogP contribution is -2.29. The molecule has 0 heterocycles. The Bertz CT molecular complexity index is 1440. The quantitative estimate of drug-likeness (QED) is 0.305. The lowest BCUT2D eigenvalue weighted by atomic mass is 9.91. The van der Waals surface area contributed by atoms with Crippen LogP contribution in [0, 0.1) is 0 Å². The molecule has 0 saturated carbocycles. The van der Waals surface area contributed by atoms with Crippen molar-refractivity contribution in [2.24, 2.45) is 5.73 Å². The van der Waals surface area contributed by atoms with Crippen molar-refractivity contribution in [1.82, 2.24) is 0 Å². The summed E-state index contributed by atoms with van der Waals surface area (Å²) in [6, 6.07) is 32.8. The van der Waals surface area contributed by atoms with E-state index in [0.717, 1.165) is 33.5 Å². The SMILES string of the molecule is COc1ccc2ccccc2c1-c1c(N(CCN)Cc2ccc(O)cc2)ccc2ccccc12. The molecule has 0 aromatic heterocycles. The molecule has 0 bridgehead atoms. The zero-order valence-electron chi connectivity index (χ0n) is 19.2. The molecule has 4 heteroatoms. The molecule has 0 aliphatic heterocycles. The van der Waals surface area contributed by atoms with Gasteiger partial charge in [-0.15, -0.1) is 0 Å². The van der Waals surface area contributed by atoms with Gasteiger partial charge in [0, 0.05) is 36.4 Å². The van der Waals surface area contributed by atoms with Crippen LogP contribution >= 0.6 is 0 Å². The Balaban J connectivity index is 1.80. The van der Waals surface area contributed by atoms with Gasteiger partial charge in [0.15, 0.2) is 0 Å². The number of nitrogens with two attached hydrogens (primary N) is 1. The number of methoxy groups -OCH3 is 1. The van der Waals surface area contributed by atoms with Gasteiger partial charge in [-0.1, -0.05) is 72.8 Å². The van der Waals surface area contributed by atoms with Crippen molar-refractivity contribution in [3.8, 4) is 22.6 Å². The summed E-state index contributed by atoms with van der Waals surface area (Å²) in [4.78, 5) is 2.31. The molecular weight excluding hydrogens is 420 g/mol. The van der Waals surface area contributed by atoms with Crippen LogP contribution < -0.4 is 15.4 Å². The Labute approximate surface area is 199 Å². The minimum absolute atomic E-state index is 0.265. The van der Waals surface area contributed by atoms with Crippen LogP contribution in [0.4, 0.5) is 5.69 Å². The molecule has 0 atom stereocenters. The first kappa shape index (κ1) is 21.8. The summed E-state index contributed by atoms with van der Waals surface area (Å²) in [6.07, 6.45) is 0. The fourth-order valence-electron chi connectivity index (χ4n) is 4.73. The molecule has 0 aliphatic carbocycles. The maximum Gasteiger partial charge on any atom is 0.127 e. The van der Waals surface area contributed by atoms with E-state index < -0.39 is 0 Å². The Morgan fingerprint density at radius 3 is 2.00 bits per heavy atom. The molecule has 4 nitrogen and oxygen atoms in total. The topological polar surface area (TPSA) is 58.7 Å². The minimum Gasteiger partial charge on any atom is -0.508 e. The first-order valence-corrected chi connectivity index (χ1v) is 11.5. The minimum atomic E-state index is 0.265. The Morgan fingerprint density at radius 2 is 1.35 bits per heavy atom. The Hall–Kier alpha value is -4.02. The number of aromatic hydroxyl groups is 1. The Morgan fingerprint density at radius 1 is 0.735 bits per heavy atom. The van der Waals surface area contributed by atoms with Crippen LogP contribution in [0.2, 0.25) is 0 Å². The van der Waals surface area contributed by atoms with Crippen LogP contribution in [-0.2, 0) is 6.54 Å². The van der Waals surface area contributed by atoms with Crippen LogP contribution in [0.15, 0.2) is 97.1 Å². The highest BCUT2D eigenvalue weighted by Crippen LogP contribution is 2.45. The van der Waals surface area contributed by atoms with Crippen LogP contribution in [0.1, 0.15) is 5.56 Å². The molecule has 170 valence electrons. The second kappa shape index (κ2) is 9.46. The summed E-state index contributed by atoms with van der Waals surface area (Å²) in [6.45, 7) is 1.90. The van der Waals surface area contributed by atoms with Gasteiger partial charge in [0.25, 0.3) is 0 Å². The third-order valence-electron chi connectivity index (χ3n) is 6.32. The highest BCUT2D eigenvalue weighted by molar-refractivity contribution is 6.11. The monoisotopic (exact) mass is 448 g/mol. The number of anilines is 1. The second-order valence-corrected chi connectivity index (χ2v) is 8.42. The predicted octanol–water partition coefficient (Wildman–Crippen LogP) is 6.34. The summed E-state index contributed by atoms with van der Waals surface area (Å²) in [7, 11) is 1.73. The molecule has 5 aromatic carbocycles. The van der Waals surface area contributed by atoms with E-state index >= 15 is 0 Å². The van der Waals surface area contributed by atoms with E-state index in [9.17, 15) is 5.11 Å². The number of benzene rings is 5. The molecule has 0 fully saturated rings. The number of rotatable bonds is 7. The zero-order valence-corrected chi connectivity index (χ0v) is 19.2. The van der Waals surface area contributed by atoms with Crippen LogP contribution in [0.3, 0.4) is 0 Å². The lowest BCUT2D eigenvalue weighted by Gasteiger charge is -2.29. The Kier molecular flexibility index (Phi) is 6.07. The van der Waals surface area contributed by atoms with Gasteiger partial charge in [-0.2, -0.15) is 0 Å². The number of phenols is 1. The van der Waals surface area contributed by atoms with Gasteiger partial charge in [-0.25, -0.2) is 0 Å². The van der Waals surface area contributed by atoms with Crippen LogP contribution in [-0.4, -0.2) is 25.3 Å². The summed E-state index contributed by atoms with van der Waals surface area (Å²) in [5.74, 6) is 1.11. The first-order chi connectivity index (χ1) is 16.7. The van der Waals surface area contributed by atoms with Crippen molar-refractivity contribution >= 4 is 27.2 Å². The number of fused-ring (bicyclic) bond motifs is 2. The molecule has 0 radical (unpaired) electrons. The smallest absolute Gasteiger partial charge is 0.127 e. The van der Waals surface area contributed by atoms with Crippen molar-refractivity contribution in [2.75, 3.05) is 25.1 Å². The third kappa shape index (κ3) is 4.04. The molecule has 0 amide bonds. The fraction of sp³-hybridized carbons (Fsp3) is 0.133. The average molecular weight is 449 g/mol. The predicted molar refractivity (Wildman–Crippen MR) is 142 cm³/mol. The molecule has 0 saturated heterocycles. The molecular formula is C30H28N2O2. The molecule has 0 unspecified atom stereocenters. The fourth-order valence-corrected chi connectivity index (χ4v) is 4.73. The van der Waals surface area contributed by atoms with Gasteiger partial charge in [-0.3, -0.25) is 0 Å². The van der Waals surface area contributed by atoms with Gasteiger partial charge < -0.3 is 20.5 Å².